The summed E-state index contributed by atoms with van der Waals surface area (Å²) in [6.07, 6.45) is 4.09. The summed E-state index contributed by atoms with van der Waals surface area (Å²) in [6.45, 7) is 3.42. The zero-order valence-corrected chi connectivity index (χ0v) is 7.45. The van der Waals surface area contributed by atoms with Crippen molar-refractivity contribution >= 4 is 15.9 Å². The highest BCUT2D eigenvalue weighted by Gasteiger charge is 2.15. The second kappa shape index (κ2) is 3.57. The molecule has 1 heterocycles. The summed E-state index contributed by atoms with van der Waals surface area (Å²) in [7, 11) is 0. The predicted octanol–water partition coefficient (Wildman–Crippen LogP) is 1.91. The number of hydrogen-bond donors (Lipinski definition) is 1. The van der Waals surface area contributed by atoms with E-state index < -0.39 is 0 Å². The average molecular weight is 192 g/mol. The van der Waals surface area contributed by atoms with E-state index in [9.17, 15) is 0 Å². The second-order valence-corrected chi connectivity index (χ2v) is 4.18. The van der Waals surface area contributed by atoms with Crippen LogP contribution in [0.3, 0.4) is 0 Å². The lowest BCUT2D eigenvalue weighted by Gasteiger charge is -2.25. The molecular weight excluding hydrogens is 178 g/mol. The number of piperidine rings is 1. The first-order chi connectivity index (χ1) is 4.30. The van der Waals surface area contributed by atoms with E-state index in [1.807, 2.05) is 0 Å². The molecule has 0 aromatic carbocycles. The summed E-state index contributed by atoms with van der Waals surface area (Å²) < 4.78 is 0. The second-order valence-electron chi connectivity index (χ2n) is 2.73. The van der Waals surface area contributed by atoms with Crippen LogP contribution in [0, 0.1) is 0 Å². The lowest BCUT2D eigenvalue weighted by molar-refractivity contribution is 0.402. The van der Waals surface area contributed by atoms with Crippen LogP contribution in [-0.4, -0.2) is 17.4 Å². The van der Waals surface area contributed by atoms with E-state index in [-0.39, 0.29) is 0 Å². The van der Waals surface area contributed by atoms with Crippen LogP contribution in [-0.2, 0) is 0 Å². The average Bonchev–Trinajstić information content (AvgIpc) is 1.90. The highest BCUT2D eigenvalue weighted by molar-refractivity contribution is 9.09. The molecule has 0 bridgehead atoms. The first-order valence-corrected chi connectivity index (χ1v) is 4.60. The van der Waals surface area contributed by atoms with Crippen LogP contribution >= 0.6 is 15.9 Å². The van der Waals surface area contributed by atoms with Crippen molar-refractivity contribution in [1.82, 2.24) is 5.32 Å². The largest absolute Gasteiger partial charge is 0.313 e. The molecule has 0 radical (unpaired) electrons. The van der Waals surface area contributed by atoms with Crippen molar-refractivity contribution in [2.45, 2.75) is 37.1 Å². The molecule has 0 aliphatic carbocycles. The summed E-state index contributed by atoms with van der Waals surface area (Å²) >= 11 is 3.57. The number of alkyl halides is 1. The van der Waals surface area contributed by atoms with Crippen molar-refractivity contribution in [2.75, 3.05) is 6.54 Å². The molecule has 1 rings (SSSR count). The van der Waals surface area contributed by atoms with E-state index in [1.165, 1.54) is 25.8 Å². The van der Waals surface area contributed by atoms with Gasteiger partial charge in [-0.15, -0.1) is 0 Å². The van der Waals surface area contributed by atoms with Gasteiger partial charge in [-0.25, -0.2) is 0 Å². The summed E-state index contributed by atoms with van der Waals surface area (Å²) in [6, 6.07) is 0.721. The van der Waals surface area contributed by atoms with Gasteiger partial charge in [-0.05, 0) is 19.4 Å². The Balaban J connectivity index is 2.23. The molecule has 9 heavy (non-hydrogen) atoms. The van der Waals surface area contributed by atoms with E-state index in [1.54, 1.807) is 0 Å². The zero-order valence-electron chi connectivity index (χ0n) is 5.86. The van der Waals surface area contributed by atoms with E-state index in [4.69, 9.17) is 0 Å². The molecule has 1 aliphatic rings. The number of rotatable bonds is 1. The molecule has 0 aromatic rings. The van der Waals surface area contributed by atoms with Gasteiger partial charge >= 0.3 is 0 Å². The van der Waals surface area contributed by atoms with Gasteiger partial charge in [0, 0.05) is 10.9 Å². The minimum atomic E-state index is 0.637. The lowest BCUT2D eigenvalue weighted by Crippen LogP contribution is -2.39. The van der Waals surface area contributed by atoms with Crippen LogP contribution < -0.4 is 5.32 Å². The van der Waals surface area contributed by atoms with Crippen LogP contribution in [0.25, 0.3) is 0 Å². The molecule has 2 unspecified atom stereocenters. The first-order valence-electron chi connectivity index (χ1n) is 3.68. The third-order valence-corrected chi connectivity index (χ3v) is 2.54. The fourth-order valence-electron chi connectivity index (χ4n) is 1.27. The quantitative estimate of drug-likeness (QED) is 0.625. The number of halogens is 1. The standard InChI is InChI=1S/C7H14BrN/c1-6(8)7-4-2-3-5-9-7/h6-7,9H,2-5H2,1H3. The fraction of sp³-hybridized carbons (Fsp3) is 1.00. The molecule has 1 N–H and O–H groups in total. The Kier molecular flexibility index (Phi) is 2.99. The van der Waals surface area contributed by atoms with Crippen LogP contribution in [0.1, 0.15) is 26.2 Å². The summed E-state index contributed by atoms with van der Waals surface area (Å²) in [4.78, 5) is 0.637. The van der Waals surface area contributed by atoms with E-state index in [0.29, 0.717) is 4.83 Å². The van der Waals surface area contributed by atoms with Gasteiger partial charge in [0.05, 0.1) is 0 Å². The van der Waals surface area contributed by atoms with Crippen molar-refractivity contribution in [3.63, 3.8) is 0 Å². The first kappa shape index (κ1) is 7.55. The molecule has 0 saturated carbocycles. The topological polar surface area (TPSA) is 12.0 Å². The maximum atomic E-state index is 3.57. The predicted molar refractivity (Wildman–Crippen MR) is 44.0 cm³/mol. The smallest absolute Gasteiger partial charge is 0.0271 e. The molecule has 1 nitrogen and oxygen atoms in total. The highest BCUT2D eigenvalue weighted by atomic mass is 79.9. The Morgan fingerprint density at radius 3 is 2.67 bits per heavy atom. The Bertz CT molecular complexity index is 77.0. The molecule has 1 fully saturated rings. The Morgan fingerprint density at radius 1 is 1.56 bits per heavy atom. The third-order valence-electron chi connectivity index (χ3n) is 1.90. The Labute approximate surface area is 65.3 Å². The zero-order chi connectivity index (χ0) is 6.69. The molecule has 0 aromatic heterocycles. The fourth-order valence-corrected chi connectivity index (χ4v) is 1.72. The van der Waals surface area contributed by atoms with Gasteiger partial charge in [0.1, 0.15) is 0 Å². The SMILES string of the molecule is CC(Br)C1CCCCN1. The van der Waals surface area contributed by atoms with E-state index in [0.717, 1.165) is 6.04 Å². The van der Waals surface area contributed by atoms with Crippen molar-refractivity contribution in [3.05, 3.63) is 0 Å². The molecule has 2 atom stereocenters. The molecular formula is C7H14BrN. The Hall–Kier alpha value is 0.440. The van der Waals surface area contributed by atoms with Gasteiger partial charge in [0.25, 0.3) is 0 Å². The van der Waals surface area contributed by atoms with Crippen LogP contribution in [0.15, 0.2) is 0 Å². The van der Waals surface area contributed by atoms with Gasteiger partial charge in [-0.3, -0.25) is 0 Å². The maximum absolute atomic E-state index is 3.57. The van der Waals surface area contributed by atoms with Crippen molar-refractivity contribution in [1.29, 1.82) is 0 Å². The third kappa shape index (κ3) is 2.26. The molecule has 1 aliphatic heterocycles. The molecule has 0 amide bonds. The van der Waals surface area contributed by atoms with Gasteiger partial charge in [0.15, 0.2) is 0 Å². The lowest BCUT2D eigenvalue weighted by atomic mass is 10.0. The summed E-state index contributed by atoms with van der Waals surface area (Å²) in [5, 5.41) is 3.47. The summed E-state index contributed by atoms with van der Waals surface area (Å²) in [5.74, 6) is 0. The van der Waals surface area contributed by atoms with Crippen LogP contribution in [0.2, 0.25) is 0 Å². The van der Waals surface area contributed by atoms with Gasteiger partial charge in [-0.1, -0.05) is 29.3 Å². The van der Waals surface area contributed by atoms with Gasteiger partial charge < -0.3 is 5.32 Å². The maximum Gasteiger partial charge on any atom is 0.0271 e. The molecule has 1 saturated heterocycles. The van der Waals surface area contributed by atoms with Crippen LogP contribution in [0.5, 0.6) is 0 Å². The van der Waals surface area contributed by atoms with E-state index >= 15 is 0 Å². The molecule has 54 valence electrons. The van der Waals surface area contributed by atoms with Crippen molar-refractivity contribution in [2.24, 2.45) is 0 Å². The minimum Gasteiger partial charge on any atom is -0.313 e. The molecule has 0 spiro atoms. The minimum absolute atomic E-state index is 0.637. The van der Waals surface area contributed by atoms with Crippen molar-refractivity contribution < 1.29 is 0 Å². The number of nitrogens with one attached hydrogen (secondary N) is 1. The van der Waals surface area contributed by atoms with E-state index in [2.05, 4.69) is 28.2 Å². The van der Waals surface area contributed by atoms with Gasteiger partial charge in [0.2, 0.25) is 0 Å². The highest BCUT2D eigenvalue weighted by Crippen LogP contribution is 2.14. The number of hydrogen-bond acceptors (Lipinski definition) is 1. The molecule has 2 heteroatoms. The summed E-state index contributed by atoms with van der Waals surface area (Å²) in [5.41, 5.74) is 0. The normalized spacial score (nSPS) is 32.0. The van der Waals surface area contributed by atoms with Gasteiger partial charge in [-0.2, -0.15) is 0 Å². The Morgan fingerprint density at radius 2 is 2.33 bits per heavy atom. The van der Waals surface area contributed by atoms with Crippen LogP contribution in [0.4, 0.5) is 0 Å². The monoisotopic (exact) mass is 191 g/mol. The van der Waals surface area contributed by atoms with Crippen molar-refractivity contribution in [3.8, 4) is 0 Å².